The number of benzene rings is 1. The van der Waals surface area contributed by atoms with E-state index in [0.29, 0.717) is 24.6 Å². The van der Waals surface area contributed by atoms with Gasteiger partial charge in [0, 0.05) is 18.8 Å². The fraction of sp³-hybridized carbons (Fsp3) is 0.500. The molecular formula is C16H22N2O4. The van der Waals surface area contributed by atoms with E-state index in [4.69, 9.17) is 9.47 Å². The van der Waals surface area contributed by atoms with E-state index >= 15 is 0 Å². The van der Waals surface area contributed by atoms with Crippen LogP contribution >= 0.6 is 0 Å². The first-order chi connectivity index (χ1) is 10.6. The SMILES string of the molecule is CCNC(=O)COc1ccc(NC(=O)[C@@H]2OCC[C@@H]2C)cc1. The van der Waals surface area contributed by atoms with Crippen LogP contribution in [0.25, 0.3) is 0 Å². The Kier molecular flexibility index (Phi) is 5.77. The van der Waals surface area contributed by atoms with Gasteiger partial charge in [0.15, 0.2) is 6.61 Å². The van der Waals surface area contributed by atoms with Gasteiger partial charge in [0.25, 0.3) is 11.8 Å². The maximum absolute atomic E-state index is 12.1. The summed E-state index contributed by atoms with van der Waals surface area (Å²) in [6.45, 7) is 5.05. The van der Waals surface area contributed by atoms with Crippen molar-refractivity contribution in [2.45, 2.75) is 26.4 Å². The van der Waals surface area contributed by atoms with E-state index < -0.39 is 0 Å². The van der Waals surface area contributed by atoms with Crippen LogP contribution in [0.3, 0.4) is 0 Å². The molecule has 0 spiro atoms. The average molecular weight is 306 g/mol. The van der Waals surface area contributed by atoms with Crippen molar-refractivity contribution in [3.63, 3.8) is 0 Å². The van der Waals surface area contributed by atoms with Crippen molar-refractivity contribution in [2.24, 2.45) is 5.92 Å². The molecular weight excluding hydrogens is 284 g/mol. The molecule has 6 nitrogen and oxygen atoms in total. The van der Waals surface area contributed by atoms with Gasteiger partial charge in [0.1, 0.15) is 11.9 Å². The average Bonchev–Trinajstić information content (AvgIpc) is 2.93. The summed E-state index contributed by atoms with van der Waals surface area (Å²) in [4.78, 5) is 23.4. The Bertz CT molecular complexity index is 515. The van der Waals surface area contributed by atoms with Crippen LogP contribution in [0.4, 0.5) is 5.69 Å². The Morgan fingerprint density at radius 2 is 2.05 bits per heavy atom. The number of likely N-dealkylation sites (N-methyl/N-ethyl adjacent to an activating group) is 1. The van der Waals surface area contributed by atoms with Crippen LogP contribution in [0.15, 0.2) is 24.3 Å². The monoisotopic (exact) mass is 306 g/mol. The molecule has 1 aromatic carbocycles. The molecule has 0 saturated carbocycles. The van der Waals surface area contributed by atoms with Crippen LogP contribution in [0, 0.1) is 5.92 Å². The number of carbonyl (C=O) groups excluding carboxylic acids is 2. The van der Waals surface area contributed by atoms with Crippen LogP contribution in [-0.4, -0.2) is 37.7 Å². The number of hydrogen-bond donors (Lipinski definition) is 2. The highest BCUT2D eigenvalue weighted by molar-refractivity contribution is 5.94. The zero-order chi connectivity index (χ0) is 15.9. The third-order valence-corrected chi connectivity index (χ3v) is 3.51. The molecule has 120 valence electrons. The van der Waals surface area contributed by atoms with E-state index in [1.165, 1.54) is 0 Å². The largest absolute Gasteiger partial charge is 0.484 e. The van der Waals surface area contributed by atoms with Crippen molar-refractivity contribution in [3.8, 4) is 5.75 Å². The van der Waals surface area contributed by atoms with Gasteiger partial charge in [0.05, 0.1) is 0 Å². The van der Waals surface area contributed by atoms with E-state index in [0.717, 1.165) is 6.42 Å². The van der Waals surface area contributed by atoms with E-state index in [1.54, 1.807) is 24.3 Å². The molecule has 1 heterocycles. The quantitative estimate of drug-likeness (QED) is 0.836. The maximum atomic E-state index is 12.1. The Balaban J connectivity index is 1.83. The molecule has 0 aliphatic carbocycles. The first-order valence-corrected chi connectivity index (χ1v) is 7.52. The summed E-state index contributed by atoms with van der Waals surface area (Å²) >= 11 is 0. The van der Waals surface area contributed by atoms with Crippen molar-refractivity contribution in [1.29, 1.82) is 0 Å². The lowest BCUT2D eigenvalue weighted by atomic mass is 10.0. The summed E-state index contributed by atoms with van der Waals surface area (Å²) in [5.41, 5.74) is 0.679. The molecule has 2 amide bonds. The smallest absolute Gasteiger partial charge is 0.257 e. The van der Waals surface area contributed by atoms with Gasteiger partial charge < -0.3 is 20.1 Å². The number of nitrogens with one attached hydrogen (secondary N) is 2. The normalized spacial score (nSPS) is 20.5. The van der Waals surface area contributed by atoms with Gasteiger partial charge in [-0.2, -0.15) is 0 Å². The van der Waals surface area contributed by atoms with Gasteiger partial charge in [-0.1, -0.05) is 6.92 Å². The molecule has 0 unspecified atom stereocenters. The predicted molar refractivity (Wildman–Crippen MR) is 82.8 cm³/mol. The predicted octanol–water partition coefficient (Wildman–Crippen LogP) is 1.56. The fourth-order valence-electron chi connectivity index (χ4n) is 2.28. The molecule has 2 atom stereocenters. The lowest BCUT2D eigenvalue weighted by Crippen LogP contribution is -2.31. The highest BCUT2D eigenvalue weighted by Gasteiger charge is 2.30. The third-order valence-electron chi connectivity index (χ3n) is 3.51. The first-order valence-electron chi connectivity index (χ1n) is 7.52. The summed E-state index contributed by atoms with van der Waals surface area (Å²) in [6.07, 6.45) is 0.527. The van der Waals surface area contributed by atoms with E-state index in [1.807, 2.05) is 13.8 Å². The number of amides is 2. The lowest BCUT2D eigenvalue weighted by molar-refractivity contribution is -0.126. The Hall–Kier alpha value is -2.08. The zero-order valence-corrected chi connectivity index (χ0v) is 12.9. The Labute approximate surface area is 130 Å². The lowest BCUT2D eigenvalue weighted by Gasteiger charge is -2.14. The number of hydrogen-bond acceptors (Lipinski definition) is 4. The van der Waals surface area contributed by atoms with E-state index in [9.17, 15) is 9.59 Å². The van der Waals surface area contributed by atoms with Crippen molar-refractivity contribution >= 4 is 17.5 Å². The molecule has 1 aliphatic rings. The minimum Gasteiger partial charge on any atom is -0.484 e. The highest BCUT2D eigenvalue weighted by Crippen LogP contribution is 2.22. The number of ether oxygens (including phenoxy) is 2. The summed E-state index contributed by atoms with van der Waals surface area (Å²) in [5, 5.41) is 5.48. The molecule has 0 radical (unpaired) electrons. The Morgan fingerprint density at radius 1 is 1.32 bits per heavy atom. The molecule has 1 aromatic rings. The van der Waals surface area contributed by atoms with Gasteiger partial charge >= 0.3 is 0 Å². The van der Waals surface area contributed by atoms with Crippen molar-refractivity contribution < 1.29 is 19.1 Å². The van der Waals surface area contributed by atoms with Gasteiger partial charge in [-0.15, -0.1) is 0 Å². The molecule has 1 aliphatic heterocycles. The number of rotatable bonds is 6. The van der Waals surface area contributed by atoms with Crippen LogP contribution in [-0.2, 0) is 14.3 Å². The highest BCUT2D eigenvalue weighted by atomic mass is 16.5. The van der Waals surface area contributed by atoms with Crippen molar-refractivity contribution in [3.05, 3.63) is 24.3 Å². The molecule has 1 fully saturated rings. The van der Waals surface area contributed by atoms with Crippen LogP contribution in [0.5, 0.6) is 5.75 Å². The van der Waals surface area contributed by atoms with Crippen LogP contribution < -0.4 is 15.4 Å². The molecule has 0 aromatic heterocycles. The molecule has 2 rings (SSSR count). The summed E-state index contributed by atoms with van der Waals surface area (Å²) in [7, 11) is 0. The second-order valence-corrected chi connectivity index (χ2v) is 5.31. The van der Waals surface area contributed by atoms with Crippen molar-refractivity contribution in [2.75, 3.05) is 25.1 Å². The zero-order valence-electron chi connectivity index (χ0n) is 12.9. The topological polar surface area (TPSA) is 76.7 Å². The summed E-state index contributed by atoms with van der Waals surface area (Å²) in [5.74, 6) is 0.530. The second-order valence-electron chi connectivity index (χ2n) is 5.31. The molecule has 22 heavy (non-hydrogen) atoms. The second kappa shape index (κ2) is 7.79. The van der Waals surface area contributed by atoms with E-state index in [2.05, 4.69) is 10.6 Å². The van der Waals surface area contributed by atoms with Crippen molar-refractivity contribution in [1.82, 2.24) is 5.32 Å². The summed E-state index contributed by atoms with van der Waals surface area (Å²) < 4.78 is 10.8. The molecule has 1 saturated heterocycles. The standard InChI is InChI=1S/C16H22N2O4/c1-3-17-14(19)10-22-13-6-4-12(5-7-13)18-16(20)15-11(2)8-9-21-15/h4-7,11,15H,3,8-10H2,1-2H3,(H,17,19)(H,18,20)/t11-,15+/m0/s1. The van der Waals surface area contributed by atoms with E-state index in [-0.39, 0.29) is 30.4 Å². The minimum atomic E-state index is -0.381. The summed E-state index contributed by atoms with van der Waals surface area (Å²) in [6, 6.07) is 6.91. The molecule has 6 heteroatoms. The maximum Gasteiger partial charge on any atom is 0.257 e. The van der Waals surface area contributed by atoms with Crippen LogP contribution in [0.2, 0.25) is 0 Å². The Morgan fingerprint density at radius 3 is 2.64 bits per heavy atom. The number of carbonyl (C=O) groups is 2. The minimum absolute atomic E-state index is 0.0209. The van der Waals surface area contributed by atoms with Crippen LogP contribution in [0.1, 0.15) is 20.3 Å². The van der Waals surface area contributed by atoms with Gasteiger partial charge in [-0.3, -0.25) is 9.59 Å². The first kappa shape index (κ1) is 16.3. The van der Waals surface area contributed by atoms with Gasteiger partial charge in [-0.25, -0.2) is 0 Å². The fourth-order valence-corrected chi connectivity index (χ4v) is 2.28. The molecule has 0 bridgehead atoms. The van der Waals surface area contributed by atoms with Gasteiger partial charge in [0.2, 0.25) is 0 Å². The van der Waals surface area contributed by atoms with Gasteiger partial charge in [-0.05, 0) is 43.5 Å². The number of anilines is 1. The third kappa shape index (κ3) is 4.46. The molecule has 2 N–H and O–H groups in total.